The first-order valence-corrected chi connectivity index (χ1v) is 8.15. The normalized spacial score (nSPS) is 9.79. The molecule has 2 aromatic carbocycles. The zero-order valence-electron chi connectivity index (χ0n) is 14.8. The number of thiocarbonyl (C=S) groups is 1. The number of amides is 2. The van der Waals surface area contributed by atoms with Crippen LogP contribution in [0.25, 0.3) is 0 Å². The molecule has 0 unspecified atom stereocenters. The van der Waals surface area contributed by atoms with E-state index in [-0.39, 0.29) is 21.9 Å². The molecule has 0 aromatic heterocycles. The quantitative estimate of drug-likeness (QED) is 0.389. The number of nitro benzene ring substituents is 1. The fourth-order valence-electron chi connectivity index (χ4n) is 2.19. The van der Waals surface area contributed by atoms with Crippen LogP contribution in [0.3, 0.4) is 0 Å². The zero-order chi connectivity index (χ0) is 20.7. The average molecular weight is 404 g/mol. The molecule has 0 saturated carbocycles. The van der Waals surface area contributed by atoms with Gasteiger partial charge in [0.15, 0.2) is 16.6 Å². The number of rotatable bonds is 5. The Morgan fingerprint density at radius 3 is 2.32 bits per heavy atom. The van der Waals surface area contributed by atoms with Crippen molar-refractivity contribution in [3.63, 3.8) is 0 Å². The van der Waals surface area contributed by atoms with Crippen molar-refractivity contribution in [1.29, 1.82) is 0 Å². The van der Waals surface area contributed by atoms with Crippen molar-refractivity contribution in [2.75, 3.05) is 14.2 Å². The molecule has 0 aliphatic rings. The Morgan fingerprint density at radius 2 is 1.68 bits per heavy atom. The lowest BCUT2D eigenvalue weighted by atomic mass is 10.1. The number of nitrogens with one attached hydrogen (secondary N) is 3. The zero-order valence-corrected chi connectivity index (χ0v) is 15.7. The molecule has 0 aliphatic heterocycles. The molecule has 0 bridgehead atoms. The number of para-hydroxylation sites is 1. The van der Waals surface area contributed by atoms with Gasteiger partial charge in [0, 0.05) is 11.6 Å². The van der Waals surface area contributed by atoms with Gasteiger partial charge in [0.05, 0.1) is 19.1 Å². The number of nitro groups is 1. The van der Waals surface area contributed by atoms with Crippen molar-refractivity contribution < 1.29 is 24.0 Å². The second-order valence-corrected chi connectivity index (χ2v) is 5.61. The summed E-state index contributed by atoms with van der Waals surface area (Å²) in [7, 11) is 2.91. The van der Waals surface area contributed by atoms with E-state index in [0.29, 0.717) is 11.5 Å². The molecule has 0 spiro atoms. The summed E-state index contributed by atoms with van der Waals surface area (Å²) in [6, 6.07) is 9.94. The number of hydrogen-bond donors (Lipinski definition) is 3. The molecule has 0 atom stereocenters. The first kappa shape index (κ1) is 20.6. The summed E-state index contributed by atoms with van der Waals surface area (Å²) in [5, 5.41) is 13.0. The lowest BCUT2D eigenvalue weighted by molar-refractivity contribution is -0.385. The van der Waals surface area contributed by atoms with Gasteiger partial charge in [0.2, 0.25) is 0 Å². The highest BCUT2D eigenvalue weighted by Gasteiger charge is 2.20. The number of carbonyl (C=O) groups excluding carboxylic acids is 2. The van der Waals surface area contributed by atoms with Crippen molar-refractivity contribution in [2.24, 2.45) is 0 Å². The number of nitrogens with zero attached hydrogens (tertiary/aromatic N) is 1. The van der Waals surface area contributed by atoms with Crippen LogP contribution in [0.15, 0.2) is 42.5 Å². The number of carbonyl (C=O) groups is 2. The summed E-state index contributed by atoms with van der Waals surface area (Å²) >= 11 is 4.92. The minimum atomic E-state index is -0.787. The average Bonchev–Trinajstić information content (AvgIpc) is 2.71. The maximum atomic E-state index is 12.2. The van der Waals surface area contributed by atoms with Crippen molar-refractivity contribution >= 4 is 34.8 Å². The summed E-state index contributed by atoms with van der Waals surface area (Å²) in [5.41, 5.74) is 4.38. The number of hydrazine groups is 1. The van der Waals surface area contributed by atoms with E-state index in [1.165, 1.54) is 50.6 Å². The molecule has 11 heteroatoms. The number of benzene rings is 2. The highest BCUT2D eigenvalue weighted by Crippen LogP contribution is 2.27. The molecular formula is C17H16N4O6S. The fourth-order valence-corrected chi connectivity index (χ4v) is 2.33. The Labute approximate surface area is 164 Å². The molecule has 10 nitrogen and oxygen atoms in total. The molecule has 28 heavy (non-hydrogen) atoms. The van der Waals surface area contributed by atoms with Gasteiger partial charge in [0.25, 0.3) is 17.5 Å². The van der Waals surface area contributed by atoms with Gasteiger partial charge in [-0.25, -0.2) is 0 Å². The largest absolute Gasteiger partial charge is 0.493 e. The molecule has 0 aliphatic carbocycles. The van der Waals surface area contributed by atoms with Crippen LogP contribution in [0.2, 0.25) is 0 Å². The van der Waals surface area contributed by atoms with Crippen LogP contribution in [0.5, 0.6) is 11.5 Å². The number of hydrogen-bond acceptors (Lipinski definition) is 7. The predicted octanol–water partition coefficient (Wildman–Crippen LogP) is 1.56. The van der Waals surface area contributed by atoms with Crippen LogP contribution in [0.1, 0.15) is 20.7 Å². The molecule has 2 rings (SSSR count). The van der Waals surface area contributed by atoms with Crippen molar-refractivity contribution in [2.45, 2.75) is 0 Å². The van der Waals surface area contributed by atoms with Gasteiger partial charge in [-0.2, -0.15) is 0 Å². The van der Waals surface area contributed by atoms with Crippen LogP contribution >= 0.6 is 12.2 Å². The van der Waals surface area contributed by atoms with E-state index in [4.69, 9.17) is 21.7 Å². The van der Waals surface area contributed by atoms with Crippen LogP contribution in [0.4, 0.5) is 5.69 Å². The lowest BCUT2D eigenvalue weighted by Gasteiger charge is -2.12. The maximum Gasteiger partial charge on any atom is 0.282 e. The van der Waals surface area contributed by atoms with E-state index < -0.39 is 16.7 Å². The number of ether oxygens (including phenoxy) is 2. The van der Waals surface area contributed by atoms with Gasteiger partial charge in [-0.1, -0.05) is 12.1 Å². The highest BCUT2D eigenvalue weighted by molar-refractivity contribution is 7.80. The standard InChI is InChI=1S/C17H16N4O6S/c1-26-13-8-7-10(9-14(13)27-2)15(22)19-20-17(28)18-16(23)11-5-3-4-6-12(11)21(24)25/h3-9H,1-2H3,(H,19,22)(H2,18,20,23,28). The van der Waals surface area contributed by atoms with Crippen LogP contribution in [-0.2, 0) is 0 Å². The van der Waals surface area contributed by atoms with Gasteiger partial charge in [-0.15, -0.1) is 0 Å². The molecule has 0 radical (unpaired) electrons. The highest BCUT2D eigenvalue weighted by atomic mass is 32.1. The van der Waals surface area contributed by atoms with E-state index in [9.17, 15) is 19.7 Å². The van der Waals surface area contributed by atoms with Gasteiger partial charge in [-0.3, -0.25) is 35.9 Å². The van der Waals surface area contributed by atoms with E-state index >= 15 is 0 Å². The first-order chi connectivity index (χ1) is 13.4. The third kappa shape index (κ3) is 4.92. The molecule has 2 aromatic rings. The van der Waals surface area contributed by atoms with Crippen molar-refractivity contribution in [1.82, 2.24) is 16.2 Å². The molecule has 2 amide bonds. The Balaban J connectivity index is 1.98. The molecule has 0 fully saturated rings. The second-order valence-electron chi connectivity index (χ2n) is 5.21. The van der Waals surface area contributed by atoms with Crippen molar-refractivity contribution in [3.05, 3.63) is 63.7 Å². The Morgan fingerprint density at radius 1 is 1.00 bits per heavy atom. The first-order valence-electron chi connectivity index (χ1n) is 7.74. The Hall–Kier alpha value is -3.73. The Kier molecular flexibility index (Phi) is 6.82. The summed E-state index contributed by atoms with van der Waals surface area (Å²) in [6.45, 7) is 0. The SMILES string of the molecule is COc1ccc(C(=O)NNC(=S)NC(=O)c2ccccc2[N+](=O)[O-])cc1OC. The summed E-state index contributed by atoms with van der Waals surface area (Å²) in [4.78, 5) is 34.7. The topological polar surface area (TPSA) is 132 Å². The summed E-state index contributed by atoms with van der Waals surface area (Å²) in [5.74, 6) is -0.518. The van der Waals surface area contributed by atoms with E-state index in [0.717, 1.165) is 0 Å². The summed E-state index contributed by atoms with van der Waals surface area (Å²) < 4.78 is 10.2. The van der Waals surface area contributed by atoms with E-state index in [1.54, 1.807) is 6.07 Å². The third-order valence-corrected chi connectivity index (χ3v) is 3.71. The second kappa shape index (κ2) is 9.28. The van der Waals surface area contributed by atoms with Gasteiger partial charge < -0.3 is 9.47 Å². The molecule has 0 heterocycles. The number of methoxy groups -OCH3 is 2. The van der Waals surface area contributed by atoms with Crippen LogP contribution in [-0.4, -0.2) is 36.1 Å². The van der Waals surface area contributed by atoms with Crippen LogP contribution in [0, 0.1) is 10.1 Å². The lowest BCUT2D eigenvalue weighted by Crippen LogP contribution is -2.48. The van der Waals surface area contributed by atoms with Gasteiger partial charge in [-0.05, 0) is 36.5 Å². The van der Waals surface area contributed by atoms with E-state index in [1.807, 2.05) is 0 Å². The van der Waals surface area contributed by atoms with Gasteiger partial charge >= 0.3 is 0 Å². The van der Waals surface area contributed by atoms with E-state index in [2.05, 4.69) is 16.2 Å². The minimum absolute atomic E-state index is 0.164. The molecule has 0 saturated heterocycles. The molecular weight excluding hydrogens is 388 g/mol. The third-order valence-electron chi connectivity index (χ3n) is 3.51. The van der Waals surface area contributed by atoms with Gasteiger partial charge in [0.1, 0.15) is 5.56 Å². The smallest absolute Gasteiger partial charge is 0.282 e. The van der Waals surface area contributed by atoms with Crippen LogP contribution < -0.4 is 25.6 Å². The maximum absolute atomic E-state index is 12.2. The molecule has 3 N–H and O–H groups in total. The van der Waals surface area contributed by atoms with Crippen molar-refractivity contribution in [3.8, 4) is 11.5 Å². The fraction of sp³-hybridized carbons (Fsp3) is 0.118. The monoisotopic (exact) mass is 404 g/mol. The predicted molar refractivity (Wildman–Crippen MR) is 103 cm³/mol. The minimum Gasteiger partial charge on any atom is -0.493 e. The summed E-state index contributed by atoms with van der Waals surface area (Å²) in [6.07, 6.45) is 0. The Bertz CT molecular complexity index is 934. The molecule has 146 valence electrons.